The summed E-state index contributed by atoms with van der Waals surface area (Å²) >= 11 is -3.32. The van der Waals surface area contributed by atoms with Gasteiger partial charge in [-0.15, -0.1) is 0 Å². The Hall–Kier alpha value is -1.93. The molecule has 5 rings (SSSR count). The molecule has 31 heavy (non-hydrogen) atoms. The third-order valence-electron chi connectivity index (χ3n) is 8.78. The van der Waals surface area contributed by atoms with E-state index in [1.165, 1.54) is 11.1 Å². The number of benzene rings is 3. The van der Waals surface area contributed by atoms with Gasteiger partial charge in [-0.05, 0) is 0 Å². The van der Waals surface area contributed by atoms with Crippen LogP contribution in [0.2, 0.25) is 17.0 Å². The van der Waals surface area contributed by atoms with Crippen molar-refractivity contribution in [1.82, 2.24) is 0 Å². The fourth-order valence-corrected chi connectivity index (χ4v) is 33.5. The predicted molar refractivity (Wildman–Crippen MR) is 136 cm³/mol. The first-order valence-corrected chi connectivity index (χ1v) is 21.5. The molecule has 157 valence electrons. The van der Waals surface area contributed by atoms with Crippen LogP contribution in [0, 0.1) is 0 Å². The standard InChI is InChI=1S/2C10H9.C7H9Si.2CH3.Ti/c2*1-8-6-9-4-2-3-5-10(9)7-8;1-8-7-5-3-2-4-6-7;;;/h2*2-7H,1H3;2-6,8H,1H3;2*1H3;. The molecule has 0 saturated heterocycles. The van der Waals surface area contributed by atoms with Crippen molar-refractivity contribution in [2.75, 3.05) is 0 Å². The van der Waals surface area contributed by atoms with E-state index in [9.17, 15) is 0 Å². The number of hydrogen-bond acceptors (Lipinski definition) is 0. The van der Waals surface area contributed by atoms with Crippen LogP contribution in [0.5, 0.6) is 0 Å². The quantitative estimate of drug-likeness (QED) is 0.359. The van der Waals surface area contributed by atoms with Gasteiger partial charge in [0.1, 0.15) is 0 Å². The molecular formula is C29H33SiTi. The maximum atomic E-state index is 2.81. The minimum atomic E-state index is -3.32. The first kappa shape index (κ1) is 20.9. The summed E-state index contributed by atoms with van der Waals surface area (Å²) in [6, 6.07) is 29.9. The average Bonchev–Trinajstić information content (AvgIpc) is 3.30. The van der Waals surface area contributed by atoms with Gasteiger partial charge in [-0.25, -0.2) is 0 Å². The molecular weight excluding hydrogens is 424 g/mol. The molecule has 3 atom stereocenters. The molecule has 0 amide bonds. The molecule has 0 fully saturated rings. The van der Waals surface area contributed by atoms with E-state index in [4.69, 9.17) is 0 Å². The second kappa shape index (κ2) is 7.30. The van der Waals surface area contributed by atoms with Gasteiger partial charge in [0.05, 0.1) is 0 Å². The zero-order chi connectivity index (χ0) is 21.8. The van der Waals surface area contributed by atoms with Gasteiger partial charge in [-0.1, -0.05) is 0 Å². The second-order valence-electron chi connectivity index (χ2n) is 10.8. The van der Waals surface area contributed by atoms with Gasteiger partial charge >= 0.3 is 190 Å². The molecule has 0 aliphatic heterocycles. The molecule has 0 N–H and O–H groups in total. The normalized spacial score (nSPS) is 22.0. The van der Waals surface area contributed by atoms with E-state index in [2.05, 4.69) is 122 Å². The van der Waals surface area contributed by atoms with E-state index >= 15 is 0 Å². The van der Waals surface area contributed by atoms with Crippen LogP contribution in [0.25, 0.3) is 12.2 Å². The summed E-state index contributed by atoms with van der Waals surface area (Å²) in [4.78, 5) is 0. The van der Waals surface area contributed by atoms with Crippen molar-refractivity contribution in [3.63, 3.8) is 0 Å². The Morgan fingerprint density at radius 1 is 0.613 bits per heavy atom. The Bertz CT molecular complexity index is 1150. The van der Waals surface area contributed by atoms with Gasteiger partial charge in [0, 0.05) is 0 Å². The van der Waals surface area contributed by atoms with Crippen LogP contribution in [0.15, 0.2) is 90.0 Å². The van der Waals surface area contributed by atoms with E-state index in [-0.39, 0.29) is 0 Å². The molecule has 0 heterocycles. The van der Waals surface area contributed by atoms with E-state index in [1.54, 1.807) is 27.5 Å². The van der Waals surface area contributed by atoms with Crippen molar-refractivity contribution < 1.29 is 14.6 Å². The van der Waals surface area contributed by atoms with Crippen molar-refractivity contribution in [2.24, 2.45) is 0 Å². The number of rotatable bonds is 4. The molecule has 0 aromatic heterocycles. The topological polar surface area (TPSA) is 0 Å². The molecule has 0 nitrogen and oxygen atoms in total. The first-order chi connectivity index (χ1) is 14.8. The van der Waals surface area contributed by atoms with Gasteiger partial charge in [-0.3, -0.25) is 0 Å². The number of allylic oxidation sites excluding steroid dienone is 2. The SMILES string of the molecule is CC1=Cc2ccccc2[CH]1[Ti]([CH3])([CH3])([CH]1C(C)=Cc2ccccc21)[SiH](C)c1ccccc1. The third-order valence-corrected chi connectivity index (χ3v) is 38.1. The zero-order valence-electron chi connectivity index (χ0n) is 19.4. The molecule has 0 spiro atoms. The molecule has 3 aromatic carbocycles. The summed E-state index contributed by atoms with van der Waals surface area (Å²) in [5.74, 6) is 0. The summed E-state index contributed by atoms with van der Waals surface area (Å²) < 4.78 is 1.18. The summed E-state index contributed by atoms with van der Waals surface area (Å²) in [6.45, 7) is 6.20. The van der Waals surface area contributed by atoms with Crippen molar-refractivity contribution in [1.29, 1.82) is 0 Å². The summed E-state index contributed by atoms with van der Waals surface area (Å²) in [5.41, 5.74) is 9.27. The van der Waals surface area contributed by atoms with Crippen LogP contribution in [-0.4, -0.2) is 6.66 Å². The van der Waals surface area contributed by atoms with Crippen molar-refractivity contribution in [2.45, 2.75) is 39.3 Å². The van der Waals surface area contributed by atoms with Gasteiger partial charge in [0.25, 0.3) is 0 Å². The van der Waals surface area contributed by atoms with Gasteiger partial charge in [-0.2, -0.15) is 0 Å². The Morgan fingerprint density at radius 2 is 1.03 bits per heavy atom. The number of hydrogen-bond donors (Lipinski definition) is 0. The molecule has 2 aliphatic carbocycles. The van der Waals surface area contributed by atoms with Crippen LogP contribution in [0.3, 0.4) is 0 Å². The zero-order valence-corrected chi connectivity index (χ0v) is 22.1. The van der Waals surface area contributed by atoms with Gasteiger partial charge in [0.15, 0.2) is 0 Å². The maximum absolute atomic E-state index is 3.32. The predicted octanol–water partition coefficient (Wildman–Crippen LogP) is 7.35. The monoisotopic (exact) mass is 457 g/mol. The molecule has 0 bridgehead atoms. The van der Waals surface area contributed by atoms with Crippen LogP contribution >= 0.6 is 0 Å². The number of fused-ring (bicyclic) bond motifs is 2. The first-order valence-electron chi connectivity index (χ1n) is 11.6. The molecule has 2 aliphatic rings. The van der Waals surface area contributed by atoms with Gasteiger partial charge < -0.3 is 0 Å². The van der Waals surface area contributed by atoms with Crippen LogP contribution in [0.4, 0.5) is 0 Å². The Balaban J connectivity index is 1.81. The van der Waals surface area contributed by atoms with Gasteiger partial charge in [0.2, 0.25) is 0 Å². The Labute approximate surface area is 189 Å². The fourth-order valence-electron chi connectivity index (χ4n) is 7.31. The Morgan fingerprint density at radius 3 is 1.52 bits per heavy atom. The minimum absolute atomic E-state index is 0.592. The van der Waals surface area contributed by atoms with Crippen molar-refractivity contribution in [3.05, 3.63) is 112 Å². The molecule has 0 radical (unpaired) electrons. The average molecular weight is 458 g/mol. The van der Waals surface area contributed by atoms with E-state index in [0.717, 1.165) is 0 Å². The summed E-state index contributed by atoms with van der Waals surface area (Å²) in [7, 11) is 0. The van der Waals surface area contributed by atoms with E-state index < -0.39 is 21.2 Å². The molecule has 3 aromatic rings. The van der Waals surface area contributed by atoms with Crippen LogP contribution in [-0.2, 0) is 14.6 Å². The van der Waals surface area contributed by atoms with Crippen LogP contribution in [0.1, 0.15) is 44.5 Å². The molecule has 0 saturated carbocycles. The van der Waals surface area contributed by atoms with Crippen molar-refractivity contribution in [3.8, 4) is 0 Å². The van der Waals surface area contributed by atoms with E-state index in [0.29, 0.717) is 8.45 Å². The van der Waals surface area contributed by atoms with E-state index in [1.807, 2.05) is 0 Å². The molecule has 3 unspecified atom stereocenters. The fraction of sp³-hybridized carbons (Fsp3) is 0.241. The van der Waals surface area contributed by atoms with Crippen molar-refractivity contribution >= 4 is 24.0 Å². The summed E-state index contributed by atoms with van der Waals surface area (Å²) in [5, 5.41) is 7.27. The molecule has 2 heteroatoms. The Kier molecular flexibility index (Phi) is 4.93. The third kappa shape index (κ3) is 2.98. The summed E-state index contributed by atoms with van der Waals surface area (Å²) in [6.07, 6.45) is 4.98. The second-order valence-corrected chi connectivity index (χ2v) is 34.8. The van der Waals surface area contributed by atoms with Crippen LogP contribution < -0.4 is 5.19 Å².